The molecule has 0 bridgehead atoms. The van der Waals surface area contributed by atoms with Gasteiger partial charge in [0.25, 0.3) is 0 Å². The van der Waals surface area contributed by atoms with E-state index in [1.165, 1.54) is 11.3 Å². The minimum Gasteiger partial charge on any atom is -0.497 e. The summed E-state index contributed by atoms with van der Waals surface area (Å²) in [5.74, 6) is 1.53. The van der Waals surface area contributed by atoms with E-state index in [9.17, 15) is 4.79 Å². The lowest BCUT2D eigenvalue weighted by Crippen LogP contribution is -2.11. The Morgan fingerprint density at radius 1 is 1.30 bits per heavy atom. The summed E-state index contributed by atoms with van der Waals surface area (Å²) in [4.78, 5) is 13.0. The lowest BCUT2D eigenvalue weighted by molar-refractivity contribution is -0.115. The maximum atomic E-state index is 11.9. The highest BCUT2D eigenvalue weighted by Crippen LogP contribution is 2.22. The van der Waals surface area contributed by atoms with Crippen LogP contribution < -0.4 is 10.1 Å². The Hall–Kier alpha value is -1.60. The van der Waals surface area contributed by atoms with Crippen LogP contribution >= 0.6 is 23.1 Å². The van der Waals surface area contributed by atoms with E-state index in [0.29, 0.717) is 11.6 Å². The van der Waals surface area contributed by atoms with E-state index in [1.807, 2.05) is 24.3 Å². The second kappa shape index (κ2) is 9.52. The van der Waals surface area contributed by atoms with Gasteiger partial charge in [-0.3, -0.25) is 4.79 Å². The average molecular weight is 351 g/mol. The number of hydrogen-bond acceptors (Lipinski definition) is 6. The molecule has 0 aliphatic carbocycles. The number of methoxy groups -OCH3 is 1. The molecule has 0 unspecified atom stereocenters. The standard InChI is InChI=1S/C16H21N3O2S2/c1-3-4-5-15-18-19-16(23-15)17-14(20)10-11-22-13-8-6-12(21-2)7-9-13/h6-9H,3-5,10-11H2,1-2H3,(H,17,19,20). The summed E-state index contributed by atoms with van der Waals surface area (Å²) >= 11 is 3.11. The molecule has 1 amide bonds. The number of nitrogens with zero attached hydrogens (tertiary/aromatic N) is 2. The van der Waals surface area contributed by atoms with E-state index in [2.05, 4.69) is 22.4 Å². The van der Waals surface area contributed by atoms with Gasteiger partial charge >= 0.3 is 0 Å². The van der Waals surface area contributed by atoms with Crippen LogP contribution in [-0.2, 0) is 11.2 Å². The number of rotatable bonds is 9. The fraction of sp³-hybridized carbons (Fsp3) is 0.438. The number of thioether (sulfide) groups is 1. The van der Waals surface area contributed by atoms with Gasteiger partial charge in [0.2, 0.25) is 11.0 Å². The molecule has 23 heavy (non-hydrogen) atoms. The minimum absolute atomic E-state index is 0.0239. The fourth-order valence-corrected chi connectivity index (χ4v) is 3.50. The molecule has 7 heteroatoms. The first-order valence-electron chi connectivity index (χ1n) is 7.60. The predicted octanol–water partition coefficient (Wildman–Crippen LogP) is 4.01. The zero-order valence-electron chi connectivity index (χ0n) is 13.4. The zero-order chi connectivity index (χ0) is 16.5. The molecule has 124 valence electrons. The summed E-state index contributed by atoms with van der Waals surface area (Å²) in [7, 11) is 1.65. The van der Waals surface area contributed by atoms with Gasteiger partial charge in [-0.15, -0.1) is 22.0 Å². The van der Waals surface area contributed by atoms with Gasteiger partial charge in [-0.05, 0) is 30.7 Å². The van der Waals surface area contributed by atoms with Crippen LogP contribution in [0.15, 0.2) is 29.2 Å². The lowest BCUT2D eigenvalue weighted by atomic mass is 10.3. The van der Waals surface area contributed by atoms with Gasteiger partial charge in [0.05, 0.1) is 7.11 Å². The monoisotopic (exact) mass is 351 g/mol. The number of nitrogens with one attached hydrogen (secondary N) is 1. The SMILES string of the molecule is CCCCc1nnc(NC(=O)CCSc2ccc(OC)cc2)s1. The number of anilines is 1. The molecule has 0 aliphatic heterocycles. The fourth-order valence-electron chi connectivity index (χ4n) is 1.85. The molecule has 0 saturated carbocycles. The summed E-state index contributed by atoms with van der Waals surface area (Å²) in [5.41, 5.74) is 0. The topological polar surface area (TPSA) is 64.1 Å². The molecule has 0 atom stereocenters. The van der Waals surface area contributed by atoms with Crippen LogP contribution in [0.5, 0.6) is 5.75 Å². The van der Waals surface area contributed by atoms with Crippen molar-refractivity contribution >= 4 is 34.1 Å². The molecule has 2 rings (SSSR count). The maximum absolute atomic E-state index is 11.9. The Morgan fingerprint density at radius 2 is 2.09 bits per heavy atom. The minimum atomic E-state index is -0.0239. The van der Waals surface area contributed by atoms with Crippen LogP contribution in [0, 0.1) is 0 Å². The van der Waals surface area contributed by atoms with Crippen molar-refractivity contribution in [1.82, 2.24) is 10.2 Å². The maximum Gasteiger partial charge on any atom is 0.227 e. The van der Waals surface area contributed by atoms with Gasteiger partial charge < -0.3 is 10.1 Å². The molecule has 1 heterocycles. The third-order valence-electron chi connectivity index (χ3n) is 3.11. The average Bonchev–Trinajstić information content (AvgIpc) is 3.01. The second-order valence-electron chi connectivity index (χ2n) is 4.93. The number of hydrogen-bond donors (Lipinski definition) is 1. The highest BCUT2D eigenvalue weighted by molar-refractivity contribution is 7.99. The Bertz CT molecular complexity index is 614. The predicted molar refractivity (Wildman–Crippen MR) is 95.5 cm³/mol. The number of benzene rings is 1. The van der Waals surface area contributed by atoms with Gasteiger partial charge in [-0.2, -0.15) is 0 Å². The van der Waals surface area contributed by atoms with Crippen LogP contribution in [0.1, 0.15) is 31.2 Å². The number of aryl methyl sites for hydroxylation is 1. The number of ether oxygens (including phenoxy) is 1. The summed E-state index contributed by atoms with van der Waals surface area (Å²) in [5, 5.41) is 12.5. The quantitative estimate of drug-likeness (QED) is 0.692. The lowest BCUT2D eigenvalue weighted by Gasteiger charge is -2.03. The van der Waals surface area contributed by atoms with E-state index in [0.717, 1.165) is 40.7 Å². The van der Waals surface area contributed by atoms with E-state index in [4.69, 9.17) is 4.74 Å². The van der Waals surface area contributed by atoms with Crippen molar-refractivity contribution in [3.8, 4) is 5.75 Å². The van der Waals surface area contributed by atoms with E-state index < -0.39 is 0 Å². The first-order chi connectivity index (χ1) is 11.2. The molecule has 1 N–H and O–H groups in total. The van der Waals surface area contributed by atoms with E-state index in [-0.39, 0.29) is 5.91 Å². The Balaban J connectivity index is 1.71. The molecule has 0 saturated heterocycles. The normalized spacial score (nSPS) is 10.5. The van der Waals surface area contributed by atoms with Crippen LogP contribution in [0.4, 0.5) is 5.13 Å². The summed E-state index contributed by atoms with van der Waals surface area (Å²) in [6.07, 6.45) is 3.60. The molecular weight excluding hydrogens is 330 g/mol. The van der Waals surface area contributed by atoms with Crippen LogP contribution in [0.2, 0.25) is 0 Å². The van der Waals surface area contributed by atoms with E-state index >= 15 is 0 Å². The van der Waals surface area contributed by atoms with Crippen LogP contribution in [-0.4, -0.2) is 29.0 Å². The Morgan fingerprint density at radius 3 is 2.78 bits per heavy atom. The Labute approximate surface area is 144 Å². The van der Waals surface area contributed by atoms with Crippen molar-refractivity contribution in [1.29, 1.82) is 0 Å². The molecule has 1 aromatic carbocycles. The number of amides is 1. The molecular formula is C16H21N3O2S2. The molecule has 1 aromatic heterocycles. The first kappa shape index (κ1) is 17.7. The Kier molecular flexibility index (Phi) is 7.35. The highest BCUT2D eigenvalue weighted by atomic mass is 32.2. The molecule has 0 fully saturated rings. The largest absolute Gasteiger partial charge is 0.497 e. The third-order valence-corrected chi connectivity index (χ3v) is 5.03. The number of carbonyl (C=O) groups excluding carboxylic acids is 1. The summed E-state index contributed by atoms with van der Waals surface area (Å²) in [6.45, 7) is 2.14. The van der Waals surface area contributed by atoms with Crippen molar-refractivity contribution in [2.24, 2.45) is 0 Å². The van der Waals surface area contributed by atoms with Crippen molar-refractivity contribution in [3.05, 3.63) is 29.3 Å². The van der Waals surface area contributed by atoms with Gasteiger partial charge in [-0.1, -0.05) is 24.7 Å². The number of carbonyl (C=O) groups is 1. The van der Waals surface area contributed by atoms with Gasteiger partial charge in [-0.25, -0.2) is 0 Å². The number of unbranched alkanes of at least 4 members (excludes halogenated alkanes) is 1. The van der Waals surface area contributed by atoms with Crippen LogP contribution in [0.3, 0.4) is 0 Å². The zero-order valence-corrected chi connectivity index (χ0v) is 15.0. The molecule has 0 radical (unpaired) electrons. The molecule has 0 spiro atoms. The summed E-state index contributed by atoms with van der Waals surface area (Å²) in [6, 6.07) is 7.82. The van der Waals surface area contributed by atoms with Gasteiger partial charge in [0, 0.05) is 23.5 Å². The van der Waals surface area contributed by atoms with Crippen LogP contribution in [0.25, 0.3) is 0 Å². The van der Waals surface area contributed by atoms with Crippen molar-refractivity contribution < 1.29 is 9.53 Å². The van der Waals surface area contributed by atoms with Crippen molar-refractivity contribution in [2.45, 2.75) is 37.5 Å². The summed E-state index contributed by atoms with van der Waals surface area (Å²) < 4.78 is 5.12. The highest BCUT2D eigenvalue weighted by Gasteiger charge is 2.08. The second-order valence-corrected chi connectivity index (χ2v) is 7.16. The molecule has 5 nitrogen and oxygen atoms in total. The van der Waals surface area contributed by atoms with Gasteiger partial charge in [0.1, 0.15) is 10.8 Å². The number of aromatic nitrogens is 2. The van der Waals surface area contributed by atoms with E-state index in [1.54, 1.807) is 18.9 Å². The molecule has 2 aromatic rings. The first-order valence-corrected chi connectivity index (χ1v) is 9.40. The van der Waals surface area contributed by atoms with Gasteiger partial charge in [0.15, 0.2) is 0 Å². The third kappa shape index (κ3) is 6.19. The van der Waals surface area contributed by atoms with Crippen molar-refractivity contribution in [2.75, 3.05) is 18.2 Å². The smallest absolute Gasteiger partial charge is 0.227 e. The molecule has 0 aliphatic rings. The van der Waals surface area contributed by atoms with Crippen molar-refractivity contribution in [3.63, 3.8) is 0 Å².